The fourth-order valence-electron chi connectivity index (χ4n) is 3.70. The molecule has 2 aliphatic rings. The molecule has 0 radical (unpaired) electrons. The van der Waals surface area contributed by atoms with Gasteiger partial charge in [-0.3, -0.25) is 4.90 Å². The molecule has 1 aromatic carbocycles. The number of hydrogen-bond donors (Lipinski definition) is 1. The van der Waals surface area contributed by atoms with Crippen LogP contribution in [0.15, 0.2) is 35.8 Å². The Balaban J connectivity index is 1.48. The van der Waals surface area contributed by atoms with Crippen LogP contribution in [0.5, 0.6) is 0 Å². The third-order valence-corrected chi connectivity index (χ3v) is 5.88. The molecule has 22 heavy (non-hydrogen) atoms. The van der Waals surface area contributed by atoms with Gasteiger partial charge in [-0.05, 0) is 30.9 Å². The van der Waals surface area contributed by atoms with Crippen molar-refractivity contribution >= 4 is 11.3 Å². The van der Waals surface area contributed by atoms with Crippen molar-refractivity contribution in [1.82, 2.24) is 9.88 Å². The molecule has 0 unspecified atom stereocenters. The number of thiazole rings is 1. The maximum Gasteiger partial charge on any atom is 0.0798 e. The molecule has 2 atom stereocenters. The van der Waals surface area contributed by atoms with Crippen molar-refractivity contribution in [1.29, 1.82) is 0 Å². The Morgan fingerprint density at radius 3 is 2.73 bits per heavy atom. The SMILES string of the molecule is NC[C@@H]1CN(Cc2scnc2C2CC2)C[C@H]1c1ccccc1. The van der Waals surface area contributed by atoms with Crippen molar-refractivity contribution in [3.8, 4) is 0 Å². The summed E-state index contributed by atoms with van der Waals surface area (Å²) in [6, 6.07) is 10.9. The molecular weight excluding hydrogens is 290 g/mol. The molecule has 116 valence electrons. The predicted octanol–water partition coefficient (Wildman–Crippen LogP) is 3.19. The Morgan fingerprint density at radius 1 is 1.18 bits per heavy atom. The molecule has 2 N–H and O–H groups in total. The van der Waals surface area contributed by atoms with E-state index in [4.69, 9.17) is 5.73 Å². The van der Waals surface area contributed by atoms with Crippen molar-refractivity contribution in [2.45, 2.75) is 31.2 Å². The van der Waals surface area contributed by atoms with Crippen molar-refractivity contribution < 1.29 is 0 Å². The van der Waals surface area contributed by atoms with Crippen molar-refractivity contribution in [3.63, 3.8) is 0 Å². The summed E-state index contributed by atoms with van der Waals surface area (Å²) in [6.45, 7) is 4.05. The molecule has 0 amide bonds. The van der Waals surface area contributed by atoms with Crippen LogP contribution in [0.2, 0.25) is 0 Å². The van der Waals surface area contributed by atoms with Gasteiger partial charge in [-0.1, -0.05) is 30.3 Å². The zero-order chi connectivity index (χ0) is 14.9. The monoisotopic (exact) mass is 313 g/mol. The van der Waals surface area contributed by atoms with Gasteiger partial charge in [-0.2, -0.15) is 0 Å². The average Bonchev–Trinajstić information content (AvgIpc) is 3.16. The van der Waals surface area contributed by atoms with E-state index in [0.717, 1.165) is 32.1 Å². The molecule has 1 saturated heterocycles. The maximum atomic E-state index is 6.05. The van der Waals surface area contributed by atoms with E-state index < -0.39 is 0 Å². The first-order chi connectivity index (χ1) is 10.8. The molecule has 1 aromatic heterocycles. The van der Waals surface area contributed by atoms with Crippen LogP contribution in [0, 0.1) is 5.92 Å². The van der Waals surface area contributed by atoms with Gasteiger partial charge >= 0.3 is 0 Å². The van der Waals surface area contributed by atoms with Crippen LogP contribution in [-0.2, 0) is 6.54 Å². The number of benzene rings is 1. The van der Waals surface area contributed by atoms with E-state index in [9.17, 15) is 0 Å². The first-order valence-corrected chi connectivity index (χ1v) is 9.12. The highest BCUT2D eigenvalue weighted by Gasteiger charge is 2.34. The lowest BCUT2D eigenvalue weighted by atomic mass is 9.89. The number of hydrogen-bond acceptors (Lipinski definition) is 4. The van der Waals surface area contributed by atoms with Crippen molar-refractivity contribution in [2.75, 3.05) is 19.6 Å². The topological polar surface area (TPSA) is 42.1 Å². The zero-order valence-corrected chi connectivity index (χ0v) is 13.6. The van der Waals surface area contributed by atoms with Gasteiger partial charge in [0.15, 0.2) is 0 Å². The van der Waals surface area contributed by atoms with E-state index >= 15 is 0 Å². The van der Waals surface area contributed by atoms with Gasteiger partial charge in [-0.25, -0.2) is 4.98 Å². The van der Waals surface area contributed by atoms with E-state index in [-0.39, 0.29) is 0 Å². The average molecular weight is 313 g/mol. The molecule has 1 saturated carbocycles. The Morgan fingerprint density at radius 2 is 2.00 bits per heavy atom. The molecular formula is C18H23N3S. The number of rotatable bonds is 5. The highest BCUT2D eigenvalue weighted by atomic mass is 32.1. The molecule has 1 aliphatic carbocycles. The van der Waals surface area contributed by atoms with Gasteiger partial charge in [0.05, 0.1) is 11.2 Å². The summed E-state index contributed by atoms with van der Waals surface area (Å²) in [5.41, 5.74) is 10.9. The number of nitrogens with two attached hydrogens (primary N) is 1. The second kappa shape index (κ2) is 6.11. The molecule has 2 fully saturated rings. The van der Waals surface area contributed by atoms with E-state index in [1.54, 1.807) is 0 Å². The molecule has 4 rings (SSSR count). The van der Waals surface area contributed by atoms with Gasteiger partial charge in [0.25, 0.3) is 0 Å². The van der Waals surface area contributed by atoms with Crippen molar-refractivity contribution in [3.05, 3.63) is 52.0 Å². The standard InChI is InChI=1S/C18H23N3S/c19-8-15-9-21(10-16(15)13-4-2-1-3-5-13)11-17-18(14-6-7-14)20-12-22-17/h1-5,12,14-16H,6-11,19H2/t15-,16+/m1/s1. The largest absolute Gasteiger partial charge is 0.330 e. The molecule has 1 aliphatic heterocycles. The maximum absolute atomic E-state index is 6.05. The molecule has 2 heterocycles. The quantitative estimate of drug-likeness (QED) is 0.922. The van der Waals surface area contributed by atoms with Gasteiger partial charge < -0.3 is 5.73 Å². The Labute approximate surface area is 136 Å². The van der Waals surface area contributed by atoms with Crippen molar-refractivity contribution in [2.24, 2.45) is 11.7 Å². The van der Waals surface area contributed by atoms with Gasteiger partial charge in [0.2, 0.25) is 0 Å². The summed E-state index contributed by atoms with van der Waals surface area (Å²) in [5, 5.41) is 0. The third-order valence-electron chi connectivity index (χ3n) is 5.05. The van der Waals surface area contributed by atoms with Crippen LogP contribution in [0.4, 0.5) is 0 Å². The van der Waals surface area contributed by atoms with E-state index in [0.29, 0.717) is 11.8 Å². The summed E-state index contributed by atoms with van der Waals surface area (Å²) in [5.74, 6) is 1.89. The van der Waals surface area contributed by atoms with E-state index in [1.807, 2.05) is 16.8 Å². The summed E-state index contributed by atoms with van der Waals surface area (Å²) >= 11 is 1.83. The van der Waals surface area contributed by atoms with Gasteiger partial charge in [0.1, 0.15) is 0 Å². The van der Waals surface area contributed by atoms with Crippen LogP contribution in [0.25, 0.3) is 0 Å². The first kappa shape index (κ1) is 14.4. The lowest BCUT2D eigenvalue weighted by Crippen LogP contribution is -2.23. The molecule has 4 heteroatoms. The third kappa shape index (κ3) is 2.83. The molecule has 0 spiro atoms. The summed E-state index contributed by atoms with van der Waals surface area (Å²) in [6.07, 6.45) is 2.66. The fourth-order valence-corrected chi connectivity index (χ4v) is 4.59. The lowest BCUT2D eigenvalue weighted by Gasteiger charge is -2.16. The minimum Gasteiger partial charge on any atom is -0.330 e. The normalized spacial score (nSPS) is 25.7. The lowest BCUT2D eigenvalue weighted by molar-refractivity contribution is 0.318. The Bertz CT molecular complexity index is 620. The smallest absolute Gasteiger partial charge is 0.0798 e. The fraction of sp³-hybridized carbons (Fsp3) is 0.500. The second-order valence-corrected chi connectivity index (χ2v) is 7.58. The van der Waals surface area contributed by atoms with Gasteiger partial charge in [-0.15, -0.1) is 11.3 Å². The van der Waals surface area contributed by atoms with Crippen LogP contribution >= 0.6 is 11.3 Å². The summed E-state index contributed by atoms with van der Waals surface area (Å²) in [4.78, 5) is 8.66. The highest BCUT2D eigenvalue weighted by Crippen LogP contribution is 2.42. The molecule has 2 aromatic rings. The van der Waals surface area contributed by atoms with E-state index in [1.165, 1.54) is 29.0 Å². The van der Waals surface area contributed by atoms with Crippen LogP contribution in [-0.4, -0.2) is 29.5 Å². The second-order valence-electron chi connectivity index (χ2n) is 6.64. The van der Waals surface area contributed by atoms with E-state index in [2.05, 4.69) is 40.2 Å². The van der Waals surface area contributed by atoms with Crippen LogP contribution in [0.3, 0.4) is 0 Å². The predicted molar refractivity (Wildman–Crippen MR) is 91.1 cm³/mol. The number of nitrogens with zero attached hydrogens (tertiary/aromatic N) is 2. The first-order valence-electron chi connectivity index (χ1n) is 8.24. The number of aromatic nitrogens is 1. The minimum atomic E-state index is 0.569. The Kier molecular flexibility index (Phi) is 3.99. The Hall–Kier alpha value is -1.23. The van der Waals surface area contributed by atoms with Gasteiger partial charge in [0, 0.05) is 36.3 Å². The number of likely N-dealkylation sites (tertiary alicyclic amines) is 1. The summed E-state index contributed by atoms with van der Waals surface area (Å²) < 4.78 is 0. The molecule has 0 bridgehead atoms. The van der Waals surface area contributed by atoms with Crippen LogP contribution in [0.1, 0.15) is 40.8 Å². The minimum absolute atomic E-state index is 0.569. The zero-order valence-electron chi connectivity index (χ0n) is 12.8. The van der Waals surface area contributed by atoms with Crippen LogP contribution < -0.4 is 5.73 Å². The summed E-state index contributed by atoms with van der Waals surface area (Å²) in [7, 11) is 0. The highest BCUT2D eigenvalue weighted by molar-refractivity contribution is 7.09. The molecule has 3 nitrogen and oxygen atoms in total.